The van der Waals surface area contributed by atoms with Crippen molar-refractivity contribution in [1.82, 2.24) is 14.5 Å². The molecule has 0 unspecified atom stereocenters. The molecule has 6 heteroatoms. The molecule has 0 N–H and O–H groups in total. The van der Waals surface area contributed by atoms with Crippen molar-refractivity contribution in [1.29, 1.82) is 0 Å². The van der Waals surface area contributed by atoms with E-state index < -0.39 is 0 Å². The Kier molecular flexibility index (Phi) is 5.14. The van der Waals surface area contributed by atoms with Gasteiger partial charge in [-0.15, -0.1) is 11.3 Å². The number of thiazole rings is 1. The first-order valence-corrected chi connectivity index (χ1v) is 9.31. The quantitative estimate of drug-likeness (QED) is 0.856. The maximum absolute atomic E-state index is 12.6. The van der Waals surface area contributed by atoms with Gasteiger partial charge in [-0.2, -0.15) is 0 Å². The number of aromatic nitrogens is 2. The third-order valence-corrected chi connectivity index (χ3v) is 5.48. The van der Waals surface area contributed by atoms with E-state index in [4.69, 9.17) is 4.98 Å². The van der Waals surface area contributed by atoms with E-state index in [-0.39, 0.29) is 18.0 Å². The Balaban J connectivity index is 1.67. The molecule has 0 saturated carbocycles. The summed E-state index contributed by atoms with van der Waals surface area (Å²) in [5.41, 5.74) is 0.996. The van der Waals surface area contributed by atoms with E-state index in [1.807, 2.05) is 4.90 Å². The zero-order valence-electron chi connectivity index (χ0n) is 14.1. The number of rotatable bonds is 4. The van der Waals surface area contributed by atoms with Gasteiger partial charge in [-0.1, -0.05) is 19.9 Å². The van der Waals surface area contributed by atoms with Gasteiger partial charge in [0.05, 0.1) is 10.7 Å². The van der Waals surface area contributed by atoms with E-state index in [2.05, 4.69) is 19.2 Å². The van der Waals surface area contributed by atoms with Gasteiger partial charge in [-0.3, -0.25) is 9.59 Å². The van der Waals surface area contributed by atoms with Crippen LogP contribution in [0.4, 0.5) is 0 Å². The number of hydrogen-bond acceptors (Lipinski definition) is 4. The molecular weight excluding hydrogens is 322 g/mol. The van der Waals surface area contributed by atoms with Crippen LogP contribution in [0.15, 0.2) is 34.6 Å². The Labute approximate surface area is 146 Å². The molecule has 1 amide bonds. The van der Waals surface area contributed by atoms with Gasteiger partial charge in [-0.05, 0) is 24.8 Å². The van der Waals surface area contributed by atoms with Crippen molar-refractivity contribution < 1.29 is 4.79 Å². The van der Waals surface area contributed by atoms with Gasteiger partial charge in [0, 0.05) is 36.7 Å². The largest absolute Gasteiger partial charge is 0.340 e. The first-order chi connectivity index (χ1) is 11.5. The van der Waals surface area contributed by atoms with Crippen molar-refractivity contribution in [2.24, 2.45) is 0 Å². The van der Waals surface area contributed by atoms with E-state index in [1.54, 1.807) is 29.7 Å². The molecule has 2 aromatic rings. The first-order valence-electron chi connectivity index (χ1n) is 8.43. The standard InChI is InChI=1S/C18H23N3O2S/c1-13(2)15-12-24-18(19-15)14-6-5-9-20(10-14)17(23)11-21-8-4-3-7-16(21)22/h3-4,7-8,12-14H,5-6,9-11H2,1-2H3/t14-/m1/s1. The fraction of sp³-hybridized carbons (Fsp3) is 0.500. The molecule has 24 heavy (non-hydrogen) atoms. The highest BCUT2D eigenvalue weighted by molar-refractivity contribution is 7.09. The number of hydrogen-bond donors (Lipinski definition) is 0. The number of carbonyl (C=O) groups is 1. The molecule has 1 saturated heterocycles. The lowest BCUT2D eigenvalue weighted by Crippen LogP contribution is -2.42. The minimum absolute atomic E-state index is 0.00800. The second-order valence-corrected chi connectivity index (χ2v) is 7.50. The molecule has 1 aliphatic heterocycles. The molecule has 1 fully saturated rings. The smallest absolute Gasteiger partial charge is 0.250 e. The number of likely N-dealkylation sites (tertiary alicyclic amines) is 1. The molecule has 3 heterocycles. The fourth-order valence-electron chi connectivity index (χ4n) is 3.00. The number of nitrogens with zero attached hydrogens (tertiary/aromatic N) is 3. The van der Waals surface area contributed by atoms with Crippen molar-refractivity contribution in [3.8, 4) is 0 Å². The third-order valence-electron chi connectivity index (χ3n) is 4.46. The van der Waals surface area contributed by atoms with Crippen LogP contribution in [0, 0.1) is 0 Å². The van der Waals surface area contributed by atoms with Crippen molar-refractivity contribution in [3.63, 3.8) is 0 Å². The van der Waals surface area contributed by atoms with Crippen LogP contribution < -0.4 is 5.56 Å². The number of pyridine rings is 1. The topological polar surface area (TPSA) is 55.2 Å². The van der Waals surface area contributed by atoms with Crippen LogP contribution in [0.2, 0.25) is 0 Å². The Morgan fingerprint density at radius 3 is 2.96 bits per heavy atom. The molecule has 0 aromatic carbocycles. The van der Waals surface area contributed by atoms with Crippen LogP contribution in [0.5, 0.6) is 0 Å². The fourth-order valence-corrected chi connectivity index (χ4v) is 4.10. The molecule has 1 aliphatic rings. The Morgan fingerprint density at radius 1 is 1.42 bits per heavy atom. The lowest BCUT2D eigenvalue weighted by Gasteiger charge is -2.32. The Hall–Kier alpha value is -1.95. The SMILES string of the molecule is CC(C)c1csc([C@@H]2CCCN(C(=O)Cn3ccccc3=O)C2)n1. The van der Waals surface area contributed by atoms with Crippen LogP contribution in [-0.4, -0.2) is 33.4 Å². The summed E-state index contributed by atoms with van der Waals surface area (Å²) in [6.45, 7) is 5.87. The van der Waals surface area contributed by atoms with Gasteiger partial charge in [0.1, 0.15) is 6.54 Å². The van der Waals surface area contributed by atoms with Gasteiger partial charge in [0.25, 0.3) is 5.56 Å². The van der Waals surface area contributed by atoms with Crippen molar-refractivity contribution in [2.45, 2.75) is 45.1 Å². The van der Waals surface area contributed by atoms with Crippen LogP contribution in [-0.2, 0) is 11.3 Å². The van der Waals surface area contributed by atoms with Crippen LogP contribution in [0.1, 0.15) is 49.2 Å². The molecule has 1 atom stereocenters. The zero-order chi connectivity index (χ0) is 17.1. The Bertz CT molecular complexity index is 765. The minimum Gasteiger partial charge on any atom is -0.340 e. The van der Waals surface area contributed by atoms with Gasteiger partial charge >= 0.3 is 0 Å². The number of piperidine rings is 1. The highest BCUT2D eigenvalue weighted by Crippen LogP contribution is 2.30. The van der Waals surface area contributed by atoms with Crippen LogP contribution in [0.3, 0.4) is 0 Å². The van der Waals surface area contributed by atoms with Gasteiger partial charge < -0.3 is 9.47 Å². The van der Waals surface area contributed by atoms with Gasteiger partial charge in [-0.25, -0.2) is 4.98 Å². The average Bonchev–Trinajstić information content (AvgIpc) is 3.07. The van der Waals surface area contributed by atoms with E-state index in [1.165, 1.54) is 10.6 Å². The molecule has 2 aromatic heterocycles. The Morgan fingerprint density at radius 2 is 2.25 bits per heavy atom. The summed E-state index contributed by atoms with van der Waals surface area (Å²) in [5.74, 6) is 0.752. The van der Waals surface area contributed by atoms with Gasteiger partial charge in [0.2, 0.25) is 5.91 Å². The normalized spacial score (nSPS) is 18.1. The lowest BCUT2D eigenvalue weighted by atomic mass is 9.98. The van der Waals surface area contributed by atoms with E-state index in [9.17, 15) is 9.59 Å². The average molecular weight is 345 g/mol. The zero-order valence-corrected chi connectivity index (χ0v) is 15.0. The molecule has 5 nitrogen and oxygen atoms in total. The maximum Gasteiger partial charge on any atom is 0.250 e. The summed E-state index contributed by atoms with van der Waals surface area (Å²) in [6, 6.07) is 4.95. The highest BCUT2D eigenvalue weighted by Gasteiger charge is 2.27. The molecule has 3 rings (SSSR count). The van der Waals surface area contributed by atoms with Gasteiger partial charge in [0.15, 0.2) is 0 Å². The summed E-state index contributed by atoms with van der Waals surface area (Å²) in [5, 5.41) is 3.26. The minimum atomic E-state index is -0.138. The van der Waals surface area contributed by atoms with Crippen LogP contribution in [0.25, 0.3) is 0 Å². The monoisotopic (exact) mass is 345 g/mol. The third kappa shape index (κ3) is 3.75. The first kappa shape index (κ1) is 16.9. The summed E-state index contributed by atoms with van der Waals surface area (Å²) in [6.07, 6.45) is 3.72. The number of carbonyl (C=O) groups excluding carboxylic acids is 1. The van der Waals surface area contributed by atoms with Crippen LogP contribution >= 0.6 is 11.3 Å². The molecule has 0 aliphatic carbocycles. The number of amides is 1. The predicted octanol–water partition coefficient (Wildman–Crippen LogP) is 2.83. The second kappa shape index (κ2) is 7.30. The lowest BCUT2D eigenvalue weighted by molar-refractivity contribution is -0.133. The predicted molar refractivity (Wildman–Crippen MR) is 95.5 cm³/mol. The van der Waals surface area contributed by atoms with Crippen molar-refractivity contribution >= 4 is 17.2 Å². The molecule has 0 radical (unpaired) electrons. The summed E-state index contributed by atoms with van der Waals surface area (Å²) in [4.78, 5) is 31.0. The van der Waals surface area contributed by atoms with E-state index >= 15 is 0 Å². The summed E-state index contributed by atoms with van der Waals surface area (Å²) < 4.78 is 1.46. The van der Waals surface area contributed by atoms with E-state index in [0.29, 0.717) is 18.4 Å². The molecule has 128 valence electrons. The van der Waals surface area contributed by atoms with Crippen molar-refractivity contribution in [2.75, 3.05) is 13.1 Å². The van der Waals surface area contributed by atoms with Crippen molar-refractivity contribution in [3.05, 3.63) is 50.8 Å². The molecule has 0 spiro atoms. The second-order valence-electron chi connectivity index (χ2n) is 6.61. The van der Waals surface area contributed by atoms with E-state index in [0.717, 1.165) is 30.1 Å². The summed E-state index contributed by atoms with van der Waals surface area (Å²) in [7, 11) is 0. The summed E-state index contributed by atoms with van der Waals surface area (Å²) >= 11 is 1.70. The maximum atomic E-state index is 12.6. The molecule has 0 bridgehead atoms. The highest BCUT2D eigenvalue weighted by atomic mass is 32.1. The molecular formula is C18H23N3O2S.